The molecule has 9 aromatic carbocycles. The molecule has 3 aromatic heterocycles. The Hall–Kier alpha value is -8.80. The van der Waals surface area contributed by atoms with Crippen LogP contribution in [0.15, 0.2) is 200 Å². The first kappa shape index (κ1) is 46.6. The average Bonchev–Trinajstić information content (AvgIpc) is 1.61. The SMILES string of the molecule is [2H]c1c([2H])c([2H])c2c(c1[2H])-c1cc(C(C)(C)C)cc(-c3ccc(C(C)(C)C)cc3)c1-[n+]1[c-]n(-c3cccc(Oc4ccc5c6ccccc6n(-c6cc(C(C)(C)C)ccn6)c5c4)c3)c3cc(-c4cc(C(C)(C)C)cc(C(C)(C)C)c4)cc(c31)-c1c([2H])c([2H])c([2H])c([2H])c1-2. The molecule has 0 amide bonds. The lowest BCUT2D eigenvalue weighted by Crippen LogP contribution is -2.32. The van der Waals surface area contributed by atoms with Crippen molar-refractivity contribution in [3.8, 4) is 84.3 Å². The second-order valence-corrected chi connectivity index (χ2v) is 28.2. The van der Waals surface area contributed by atoms with Gasteiger partial charge in [-0.25, -0.2) is 4.98 Å². The number of hydrogen-bond donors (Lipinski definition) is 0. The molecule has 1 aliphatic heterocycles. The lowest BCUT2D eigenvalue weighted by Gasteiger charge is -2.26. The van der Waals surface area contributed by atoms with E-state index in [-0.39, 0.29) is 56.0 Å². The summed E-state index contributed by atoms with van der Waals surface area (Å²) in [6.07, 6.45) is 5.77. The Morgan fingerprint density at radius 3 is 1.60 bits per heavy atom. The third-order valence-corrected chi connectivity index (χ3v) is 17.0. The molecule has 0 spiro atoms. The highest BCUT2D eigenvalue weighted by Gasteiger charge is 2.31. The lowest BCUT2D eigenvalue weighted by molar-refractivity contribution is -0.570. The first-order valence-electron chi connectivity index (χ1n) is 33.6. The number of nitrogens with zero attached hydrogens (tertiary/aromatic N) is 4. The Balaban J connectivity index is 1.17. The van der Waals surface area contributed by atoms with Crippen molar-refractivity contribution in [2.75, 3.05) is 0 Å². The maximum atomic E-state index is 10.2. The van der Waals surface area contributed by atoms with Crippen LogP contribution in [0.4, 0.5) is 0 Å². The van der Waals surface area contributed by atoms with Gasteiger partial charge >= 0.3 is 0 Å². The highest BCUT2D eigenvalue weighted by Crippen LogP contribution is 2.49. The molecule has 4 heterocycles. The van der Waals surface area contributed by atoms with E-state index < -0.39 is 41.7 Å². The Morgan fingerprint density at radius 2 is 0.965 bits per heavy atom. The zero-order valence-corrected chi connectivity index (χ0v) is 51.6. The molecule has 0 fully saturated rings. The monoisotopic (exact) mass is 1120 g/mol. The smallest absolute Gasteiger partial charge is 0.269 e. The second kappa shape index (κ2) is 19.9. The minimum Gasteiger partial charge on any atom is -0.458 e. The van der Waals surface area contributed by atoms with Crippen molar-refractivity contribution >= 4 is 32.8 Å². The van der Waals surface area contributed by atoms with Crippen LogP contribution < -0.4 is 9.30 Å². The van der Waals surface area contributed by atoms with Crippen molar-refractivity contribution in [3.05, 3.63) is 234 Å². The fourth-order valence-corrected chi connectivity index (χ4v) is 12.0. The van der Waals surface area contributed by atoms with Gasteiger partial charge in [0.15, 0.2) is 0 Å². The number of hydrogen-bond acceptors (Lipinski definition) is 2. The molecule has 0 unspecified atom stereocenters. The van der Waals surface area contributed by atoms with E-state index in [0.717, 1.165) is 72.1 Å². The highest BCUT2D eigenvalue weighted by atomic mass is 16.5. The Kier molecular flexibility index (Phi) is 10.9. The fraction of sp³-hybridized carbons (Fsp3) is 0.250. The number of para-hydroxylation sites is 1. The van der Waals surface area contributed by atoms with Crippen LogP contribution in [0.3, 0.4) is 0 Å². The van der Waals surface area contributed by atoms with Crippen LogP contribution in [0.5, 0.6) is 11.5 Å². The quantitative estimate of drug-likeness (QED) is 0.123. The summed E-state index contributed by atoms with van der Waals surface area (Å²) in [6.45, 7) is 32.7. The number of pyridine rings is 1. The van der Waals surface area contributed by atoms with Crippen molar-refractivity contribution in [2.45, 2.75) is 131 Å². The fourth-order valence-electron chi connectivity index (χ4n) is 12.0. The van der Waals surface area contributed by atoms with Gasteiger partial charge in [-0.05, 0) is 165 Å². The van der Waals surface area contributed by atoms with Gasteiger partial charge in [-0.3, -0.25) is 13.7 Å². The van der Waals surface area contributed by atoms with Gasteiger partial charge in [0.25, 0.3) is 6.33 Å². The van der Waals surface area contributed by atoms with Crippen molar-refractivity contribution < 1.29 is 20.3 Å². The standard InChI is InChI=1S/C80H78N4O/c1-76(2,3)53-33-31-50(32-34-53)67-44-57(80(13,14)15)45-69-64-28-19-17-26-62(64)61-25-16-18-27-63(61)68-41-52(51-39-55(78(7,8)9)43-56(40-51)79(10,11)12)42-72-75(68)83(74(67)69)49-82(72)58-23-22-24-59(47-58)85-60-35-36-66-65-29-20-21-30-70(65)84(71(66)48-60)73-46-54(37-38-81-73)77(4,5)6/h16-48H,1-15H3/i16D,17D,18D,19D,25D,26D,27D,28D. The van der Waals surface area contributed by atoms with Crippen LogP contribution in [-0.2, 0) is 27.1 Å². The largest absolute Gasteiger partial charge is 0.458 e. The van der Waals surface area contributed by atoms with Crippen LogP contribution >= 0.6 is 0 Å². The predicted molar refractivity (Wildman–Crippen MR) is 357 cm³/mol. The molecule has 1 aliphatic rings. The number of fused-ring (bicyclic) bond motifs is 10. The molecule has 13 rings (SSSR count). The van der Waals surface area contributed by atoms with Gasteiger partial charge in [-0.15, -0.1) is 0 Å². The van der Waals surface area contributed by atoms with Crippen molar-refractivity contribution in [2.24, 2.45) is 0 Å². The molecular weight excluding hydrogens is 1030 g/mol. The van der Waals surface area contributed by atoms with Gasteiger partial charge in [0.05, 0.1) is 44.4 Å². The molecule has 0 atom stereocenters. The zero-order chi connectivity index (χ0) is 66.7. The molecule has 85 heavy (non-hydrogen) atoms. The van der Waals surface area contributed by atoms with Crippen LogP contribution in [0.1, 0.15) is 143 Å². The van der Waals surface area contributed by atoms with Gasteiger partial charge in [0.2, 0.25) is 0 Å². The van der Waals surface area contributed by atoms with Crippen molar-refractivity contribution in [1.29, 1.82) is 0 Å². The van der Waals surface area contributed by atoms with Crippen molar-refractivity contribution in [3.63, 3.8) is 0 Å². The number of benzene rings is 9. The van der Waals surface area contributed by atoms with Crippen LogP contribution in [-0.4, -0.2) is 14.1 Å². The first-order valence-corrected chi connectivity index (χ1v) is 29.6. The van der Waals surface area contributed by atoms with Gasteiger partial charge in [0, 0.05) is 23.0 Å². The Bertz CT molecular complexity index is 5080. The predicted octanol–water partition coefficient (Wildman–Crippen LogP) is 21.1. The topological polar surface area (TPSA) is 35.9 Å². The van der Waals surface area contributed by atoms with Crippen LogP contribution in [0.25, 0.3) is 106 Å². The molecule has 5 nitrogen and oxygen atoms in total. The van der Waals surface area contributed by atoms with E-state index in [9.17, 15) is 11.0 Å². The molecule has 0 saturated carbocycles. The number of aromatic nitrogens is 4. The molecule has 5 heteroatoms. The van der Waals surface area contributed by atoms with E-state index >= 15 is 0 Å². The van der Waals surface area contributed by atoms with E-state index in [1.165, 1.54) is 5.56 Å². The van der Waals surface area contributed by atoms with Gasteiger partial charge in [0.1, 0.15) is 17.3 Å². The maximum absolute atomic E-state index is 10.2. The lowest BCUT2D eigenvalue weighted by atomic mass is 9.78. The van der Waals surface area contributed by atoms with E-state index in [2.05, 4.69) is 212 Å². The third kappa shape index (κ3) is 9.95. The number of rotatable bonds is 6. The van der Waals surface area contributed by atoms with E-state index in [0.29, 0.717) is 45.0 Å². The van der Waals surface area contributed by atoms with Gasteiger partial charge in [-0.1, -0.05) is 237 Å². The number of ether oxygens (including phenoxy) is 1. The summed E-state index contributed by atoms with van der Waals surface area (Å²) in [6, 6.07) is 46.6. The average molecular weight is 1120 g/mol. The highest BCUT2D eigenvalue weighted by molar-refractivity contribution is 6.09. The van der Waals surface area contributed by atoms with Gasteiger partial charge in [-0.2, -0.15) is 0 Å². The van der Waals surface area contributed by atoms with Crippen LogP contribution in [0, 0.1) is 6.33 Å². The van der Waals surface area contributed by atoms with E-state index in [1.807, 2.05) is 63.9 Å². The third-order valence-electron chi connectivity index (χ3n) is 17.0. The Labute approximate surface area is 514 Å². The normalized spacial score (nSPS) is 14.2. The summed E-state index contributed by atoms with van der Waals surface area (Å²) < 4.78 is 91.3. The molecule has 0 saturated heterocycles. The summed E-state index contributed by atoms with van der Waals surface area (Å²) in [5.74, 6) is 1.94. The number of imidazole rings is 1. The summed E-state index contributed by atoms with van der Waals surface area (Å²) in [7, 11) is 0. The molecular formula is C80H78N4O. The second-order valence-electron chi connectivity index (χ2n) is 28.2. The molecule has 0 radical (unpaired) electrons. The first-order chi connectivity index (χ1) is 43.6. The summed E-state index contributed by atoms with van der Waals surface area (Å²) in [4.78, 5) is 4.93. The molecule has 0 aliphatic carbocycles. The van der Waals surface area contributed by atoms with E-state index in [4.69, 9.17) is 9.72 Å². The zero-order valence-electron chi connectivity index (χ0n) is 59.6. The molecule has 0 N–H and O–H groups in total. The Morgan fingerprint density at radius 1 is 0.412 bits per heavy atom. The summed E-state index contributed by atoms with van der Waals surface area (Å²) in [5, 5.41) is 2.15. The minimum absolute atomic E-state index is 0.0237. The molecule has 12 aromatic rings. The summed E-state index contributed by atoms with van der Waals surface area (Å²) in [5.41, 5.74) is 12.6. The van der Waals surface area contributed by atoms with Crippen LogP contribution in [0.2, 0.25) is 0 Å². The van der Waals surface area contributed by atoms with E-state index in [1.54, 1.807) is 0 Å². The van der Waals surface area contributed by atoms with Gasteiger partial charge < -0.3 is 4.74 Å². The maximum Gasteiger partial charge on any atom is 0.269 e. The van der Waals surface area contributed by atoms with Crippen molar-refractivity contribution in [1.82, 2.24) is 14.1 Å². The summed E-state index contributed by atoms with van der Waals surface area (Å²) >= 11 is 0. The minimum atomic E-state index is -0.527. The molecule has 0 bridgehead atoms. The molecule has 424 valence electrons.